The predicted octanol–water partition coefficient (Wildman–Crippen LogP) is 4.41. The lowest BCUT2D eigenvalue weighted by molar-refractivity contribution is 0.785. The summed E-state index contributed by atoms with van der Waals surface area (Å²) in [5.41, 5.74) is 2.89. The van der Waals surface area contributed by atoms with Gasteiger partial charge in [0.1, 0.15) is 5.82 Å². The average molecular weight is 379 g/mol. The van der Waals surface area contributed by atoms with Crippen molar-refractivity contribution in [2.45, 2.75) is 6.42 Å². The van der Waals surface area contributed by atoms with Gasteiger partial charge < -0.3 is 10.6 Å². The summed E-state index contributed by atoms with van der Waals surface area (Å²) in [5.74, 6) is 1.25. The molecule has 0 fully saturated rings. The molecule has 136 valence electrons. The number of hydrogen-bond donors (Lipinski definition) is 2. The first-order valence-corrected chi connectivity index (χ1v) is 9.07. The van der Waals surface area contributed by atoms with Gasteiger partial charge in [-0.2, -0.15) is 15.1 Å². The number of nitrogens with one attached hydrogen (secondary N) is 2. The summed E-state index contributed by atoms with van der Waals surface area (Å²) >= 11 is 6.09. The van der Waals surface area contributed by atoms with E-state index in [4.69, 9.17) is 11.6 Å². The molecule has 2 aromatic heterocycles. The minimum atomic E-state index is 0.562. The second-order valence-corrected chi connectivity index (χ2v) is 6.64. The molecule has 0 aliphatic carbocycles. The first-order valence-electron chi connectivity index (χ1n) is 8.69. The van der Waals surface area contributed by atoms with E-state index in [1.165, 1.54) is 5.56 Å². The number of aromatic nitrogens is 4. The van der Waals surface area contributed by atoms with Crippen molar-refractivity contribution in [1.29, 1.82) is 0 Å². The quantitative estimate of drug-likeness (QED) is 0.520. The van der Waals surface area contributed by atoms with Gasteiger partial charge in [0.15, 0.2) is 5.65 Å². The molecule has 2 aromatic carbocycles. The topological polar surface area (TPSA) is 67.7 Å². The standard InChI is InChI=1S/C20H19ClN6/c1-27-19-17(13-23-27)18(24-16-9-5-8-15(21)12-16)25-20(26-19)22-11-10-14-6-3-2-4-7-14/h2-9,12-13H,10-11H2,1H3,(H2,22,24,25,26). The van der Waals surface area contributed by atoms with E-state index in [-0.39, 0.29) is 0 Å². The Labute approximate surface area is 162 Å². The van der Waals surface area contributed by atoms with Gasteiger partial charge in [-0.25, -0.2) is 0 Å². The van der Waals surface area contributed by atoms with E-state index >= 15 is 0 Å². The molecule has 7 heteroatoms. The first kappa shape index (κ1) is 17.3. The maximum absolute atomic E-state index is 6.09. The number of benzene rings is 2. The highest BCUT2D eigenvalue weighted by Crippen LogP contribution is 2.26. The van der Waals surface area contributed by atoms with E-state index in [2.05, 4.69) is 37.8 Å². The Balaban J connectivity index is 1.58. The molecule has 4 aromatic rings. The number of aryl methyl sites for hydroxylation is 1. The Morgan fingerprint density at radius 1 is 1.04 bits per heavy atom. The van der Waals surface area contributed by atoms with Crippen LogP contribution in [0.25, 0.3) is 11.0 Å². The summed E-state index contributed by atoms with van der Waals surface area (Å²) in [6, 6.07) is 17.9. The summed E-state index contributed by atoms with van der Waals surface area (Å²) in [6.07, 6.45) is 2.65. The van der Waals surface area contributed by atoms with E-state index in [1.54, 1.807) is 10.9 Å². The number of rotatable bonds is 6. The van der Waals surface area contributed by atoms with E-state index in [9.17, 15) is 0 Å². The Morgan fingerprint density at radius 2 is 1.89 bits per heavy atom. The fourth-order valence-electron chi connectivity index (χ4n) is 2.86. The lowest BCUT2D eigenvalue weighted by atomic mass is 10.1. The van der Waals surface area contributed by atoms with Crippen LogP contribution in [0.2, 0.25) is 5.02 Å². The van der Waals surface area contributed by atoms with Crippen molar-refractivity contribution >= 4 is 40.1 Å². The molecule has 6 nitrogen and oxygen atoms in total. The zero-order valence-corrected chi connectivity index (χ0v) is 15.6. The summed E-state index contributed by atoms with van der Waals surface area (Å²) in [4.78, 5) is 9.24. The molecule has 0 spiro atoms. The van der Waals surface area contributed by atoms with Gasteiger partial charge in [-0.15, -0.1) is 0 Å². The molecule has 0 amide bonds. The third-order valence-corrected chi connectivity index (χ3v) is 4.45. The van der Waals surface area contributed by atoms with Crippen molar-refractivity contribution in [1.82, 2.24) is 19.7 Å². The largest absolute Gasteiger partial charge is 0.354 e. The van der Waals surface area contributed by atoms with Crippen LogP contribution in [0.1, 0.15) is 5.56 Å². The molecule has 0 radical (unpaired) electrons. The zero-order chi connectivity index (χ0) is 18.6. The third-order valence-electron chi connectivity index (χ3n) is 4.22. The van der Waals surface area contributed by atoms with Gasteiger partial charge in [0.25, 0.3) is 0 Å². The zero-order valence-electron chi connectivity index (χ0n) is 14.9. The molecule has 0 saturated heterocycles. The minimum absolute atomic E-state index is 0.562. The molecule has 0 unspecified atom stereocenters. The highest BCUT2D eigenvalue weighted by atomic mass is 35.5. The van der Waals surface area contributed by atoms with Crippen molar-refractivity contribution in [2.75, 3.05) is 17.2 Å². The number of nitrogens with zero attached hydrogens (tertiary/aromatic N) is 4. The van der Waals surface area contributed by atoms with E-state index in [1.807, 2.05) is 49.5 Å². The normalized spacial score (nSPS) is 10.9. The van der Waals surface area contributed by atoms with Gasteiger partial charge in [-0.1, -0.05) is 48.0 Å². The highest BCUT2D eigenvalue weighted by Gasteiger charge is 2.12. The van der Waals surface area contributed by atoms with E-state index in [0.717, 1.165) is 29.7 Å². The highest BCUT2D eigenvalue weighted by molar-refractivity contribution is 6.30. The van der Waals surface area contributed by atoms with Crippen molar-refractivity contribution < 1.29 is 0 Å². The maximum Gasteiger partial charge on any atom is 0.226 e. The molecule has 0 bridgehead atoms. The Bertz CT molecular complexity index is 1060. The van der Waals surface area contributed by atoms with Crippen LogP contribution in [0.3, 0.4) is 0 Å². The van der Waals surface area contributed by atoms with Gasteiger partial charge in [-0.3, -0.25) is 4.68 Å². The summed E-state index contributed by atoms with van der Waals surface area (Å²) in [7, 11) is 1.87. The summed E-state index contributed by atoms with van der Waals surface area (Å²) in [6.45, 7) is 0.740. The molecule has 2 heterocycles. The Hall–Kier alpha value is -3.12. The molecule has 0 aliphatic rings. The fourth-order valence-corrected chi connectivity index (χ4v) is 3.05. The van der Waals surface area contributed by atoms with Crippen LogP contribution >= 0.6 is 11.6 Å². The number of anilines is 3. The first-order chi connectivity index (χ1) is 13.2. The van der Waals surface area contributed by atoms with Gasteiger partial charge in [0.05, 0.1) is 11.6 Å². The third kappa shape index (κ3) is 4.01. The predicted molar refractivity (Wildman–Crippen MR) is 110 cm³/mol. The lowest BCUT2D eigenvalue weighted by Crippen LogP contribution is -2.10. The van der Waals surface area contributed by atoms with Crippen molar-refractivity contribution in [3.63, 3.8) is 0 Å². The van der Waals surface area contributed by atoms with Crippen LogP contribution in [0.4, 0.5) is 17.5 Å². The van der Waals surface area contributed by atoms with Gasteiger partial charge >= 0.3 is 0 Å². The maximum atomic E-state index is 6.09. The Kier molecular flexibility index (Phi) is 4.89. The van der Waals surface area contributed by atoms with E-state index in [0.29, 0.717) is 16.8 Å². The van der Waals surface area contributed by atoms with Crippen LogP contribution < -0.4 is 10.6 Å². The van der Waals surface area contributed by atoms with Crippen LogP contribution in [0.15, 0.2) is 60.8 Å². The Morgan fingerprint density at radius 3 is 2.70 bits per heavy atom. The minimum Gasteiger partial charge on any atom is -0.354 e. The number of fused-ring (bicyclic) bond motifs is 1. The average Bonchev–Trinajstić information content (AvgIpc) is 3.04. The molecular weight excluding hydrogens is 360 g/mol. The van der Waals surface area contributed by atoms with Crippen LogP contribution in [0, 0.1) is 0 Å². The second-order valence-electron chi connectivity index (χ2n) is 6.20. The van der Waals surface area contributed by atoms with Crippen molar-refractivity contribution in [3.05, 3.63) is 71.4 Å². The van der Waals surface area contributed by atoms with Gasteiger partial charge in [0, 0.05) is 24.3 Å². The van der Waals surface area contributed by atoms with E-state index < -0.39 is 0 Å². The second kappa shape index (κ2) is 7.63. The number of halogens is 1. The van der Waals surface area contributed by atoms with Crippen LogP contribution in [-0.2, 0) is 13.5 Å². The van der Waals surface area contributed by atoms with Crippen molar-refractivity contribution in [2.24, 2.45) is 7.05 Å². The van der Waals surface area contributed by atoms with Gasteiger partial charge in [-0.05, 0) is 30.2 Å². The van der Waals surface area contributed by atoms with Crippen LogP contribution in [0.5, 0.6) is 0 Å². The van der Waals surface area contributed by atoms with Gasteiger partial charge in [0.2, 0.25) is 5.95 Å². The summed E-state index contributed by atoms with van der Waals surface area (Å²) < 4.78 is 1.74. The van der Waals surface area contributed by atoms with Crippen molar-refractivity contribution in [3.8, 4) is 0 Å². The molecule has 0 aliphatic heterocycles. The monoisotopic (exact) mass is 378 g/mol. The SMILES string of the molecule is Cn1ncc2c(Nc3cccc(Cl)c3)nc(NCCc3ccccc3)nc21. The van der Waals surface area contributed by atoms with Crippen LogP contribution in [-0.4, -0.2) is 26.3 Å². The molecular formula is C20H19ClN6. The molecule has 4 rings (SSSR count). The molecule has 2 N–H and O–H groups in total. The molecule has 27 heavy (non-hydrogen) atoms. The number of hydrogen-bond acceptors (Lipinski definition) is 5. The lowest BCUT2D eigenvalue weighted by Gasteiger charge is -2.10. The molecule has 0 atom stereocenters. The molecule has 0 saturated carbocycles. The smallest absolute Gasteiger partial charge is 0.226 e. The summed E-state index contributed by atoms with van der Waals surface area (Å²) in [5, 5.41) is 12.5. The fraction of sp³-hybridized carbons (Fsp3) is 0.150.